The van der Waals surface area contributed by atoms with E-state index < -0.39 is 0 Å². The number of fused-ring (bicyclic) bond motifs is 3. The van der Waals surface area contributed by atoms with Crippen molar-refractivity contribution >= 4 is 11.0 Å². The third kappa shape index (κ3) is 1.57. The molecule has 2 bridgehead atoms. The molecule has 2 aromatic rings. The van der Waals surface area contributed by atoms with Gasteiger partial charge in [0.25, 0.3) is 0 Å². The summed E-state index contributed by atoms with van der Waals surface area (Å²) in [6.45, 7) is 2.91. The predicted octanol–water partition coefficient (Wildman–Crippen LogP) is 3.04. The van der Waals surface area contributed by atoms with Crippen LogP contribution in [-0.4, -0.2) is 15.6 Å². The highest BCUT2D eigenvalue weighted by molar-refractivity contribution is 5.76. The van der Waals surface area contributed by atoms with E-state index in [4.69, 9.17) is 10.7 Å². The van der Waals surface area contributed by atoms with Crippen LogP contribution in [0.25, 0.3) is 11.0 Å². The van der Waals surface area contributed by atoms with E-state index in [0.29, 0.717) is 17.8 Å². The lowest BCUT2D eigenvalue weighted by Gasteiger charge is -2.28. The van der Waals surface area contributed by atoms with E-state index in [1.165, 1.54) is 25.3 Å². The molecular weight excluding hydrogens is 253 g/mol. The van der Waals surface area contributed by atoms with E-state index in [9.17, 15) is 4.39 Å². The molecule has 1 aromatic heterocycles. The van der Waals surface area contributed by atoms with Gasteiger partial charge in [0.05, 0.1) is 11.0 Å². The molecule has 1 aromatic carbocycles. The Balaban J connectivity index is 1.87. The van der Waals surface area contributed by atoms with Crippen LogP contribution in [0.15, 0.2) is 18.2 Å². The maximum absolute atomic E-state index is 13.5. The van der Waals surface area contributed by atoms with Gasteiger partial charge < -0.3 is 10.3 Å². The minimum absolute atomic E-state index is 0.198. The van der Waals surface area contributed by atoms with E-state index in [2.05, 4.69) is 11.5 Å². The molecular formula is C16H20FN3. The number of imidazole rings is 1. The van der Waals surface area contributed by atoms with Gasteiger partial charge in [-0.25, -0.2) is 9.37 Å². The Kier molecular flexibility index (Phi) is 2.64. The molecule has 2 aliphatic carbocycles. The summed E-state index contributed by atoms with van der Waals surface area (Å²) in [5, 5.41) is 0. The molecule has 2 aliphatic rings. The minimum Gasteiger partial charge on any atom is -0.328 e. The van der Waals surface area contributed by atoms with Crippen LogP contribution in [-0.2, 0) is 6.54 Å². The van der Waals surface area contributed by atoms with Crippen molar-refractivity contribution in [3.8, 4) is 0 Å². The second-order valence-corrected chi connectivity index (χ2v) is 6.28. The van der Waals surface area contributed by atoms with Gasteiger partial charge in [-0.3, -0.25) is 0 Å². The van der Waals surface area contributed by atoms with Crippen molar-refractivity contribution in [1.29, 1.82) is 0 Å². The second-order valence-electron chi connectivity index (χ2n) is 6.28. The SMILES string of the molecule is CCn1c(C2C3CCC(C3)C2N)nc2ccc(F)cc21. The Morgan fingerprint density at radius 3 is 2.85 bits per heavy atom. The van der Waals surface area contributed by atoms with Gasteiger partial charge in [-0.1, -0.05) is 0 Å². The summed E-state index contributed by atoms with van der Waals surface area (Å²) in [5.41, 5.74) is 8.23. The monoisotopic (exact) mass is 273 g/mol. The Morgan fingerprint density at radius 2 is 2.15 bits per heavy atom. The largest absolute Gasteiger partial charge is 0.328 e. The Labute approximate surface area is 118 Å². The molecule has 0 spiro atoms. The fourth-order valence-electron chi connectivity index (χ4n) is 4.42. The lowest BCUT2D eigenvalue weighted by molar-refractivity contribution is 0.347. The van der Waals surface area contributed by atoms with E-state index in [0.717, 1.165) is 23.4 Å². The normalized spacial score (nSPS) is 32.4. The molecule has 4 rings (SSSR count). The summed E-state index contributed by atoms with van der Waals surface area (Å²) in [5.74, 6) is 2.56. The topological polar surface area (TPSA) is 43.8 Å². The first-order chi connectivity index (χ1) is 9.69. The first-order valence-electron chi connectivity index (χ1n) is 7.60. The standard InChI is InChI=1S/C16H20FN3/c1-2-20-13-8-11(17)5-6-12(13)19-16(20)14-9-3-4-10(7-9)15(14)18/h5-6,8-10,14-15H,2-4,7,18H2,1H3. The molecule has 0 amide bonds. The maximum Gasteiger partial charge on any atom is 0.125 e. The predicted molar refractivity (Wildman–Crippen MR) is 76.9 cm³/mol. The van der Waals surface area contributed by atoms with E-state index in [1.54, 1.807) is 12.1 Å². The summed E-state index contributed by atoms with van der Waals surface area (Å²) >= 11 is 0. The van der Waals surface area contributed by atoms with Gasteiger partial charge in [-0.2, -0.15) is 0 Å². The van der Waals surface area contributed by atoms with Crippen molar-refractivity contribution in [2.24, 2.45) is 17.6 Å². The van der Waals surface area contributed by atoms with Crippen LogP contribution in [0.1, 0.15) is 37.9 Å². The van der Waals surface area contributed by atoms with Crippen LogP contribution in [0.2, 0.25) is 0 Å². The number of nitrogens with two attached hydrogens (primary N) is 1. The molecule has 4 heteroatoms. The molecule has 1 heterocycles. The highest BCUT2D eigenvalue weighted by Crippen LogP contribution is 2.52. The van der Waals surface area contributed by atoms with Crippen molar-refractivity contribution in [3.63, 3.8) is 0 Å². The average molecular weight is 273 g/mol. The van der Waals surface area contributed by atoms with Crippen LogP contribution in [0, 0.1) is 17.7 Å². The third-order valence-electron chi connectivity index (χ3n) is 5.33. The van der Waals surface area contributed by atoms with Gasteiger partial charge in [-0.15, -0.1) is 0 Å². The lowest BCUT2D eigenvalue weighted by Crippen LogP contribution is -2.35. The van der Waals surface area contributed by atoms with Crippen molar-refractivity contribution < 1.29 is 4.39 Å². The number of hydrogen-bond acceptors (Lipinski definition) is 2. The summed E-state index contributed by atoms with van der Waals surface area (Å²) < 4.78 is 15.7. The molecule has 4 unspecified atom stereocenters. The van der Waals surface area contributed by atoms with Crippen molar-refractivity contribution in [2.45, 2.75) is 44.7 Å². The molecule has 2 fully saturated rings. The van der Waals surface area contributed by atoms with Crippen molar-refractivity contribution in [2.75, 3.05) is 0 Å². The first-order valence-corrected chi connectivity index (χ1v) is 7.60. The van der Waals surface area contributed by atoms with Crippen LogP contribution in [0.4, 0.5) is 4.39 Å². The number of hydrogen-bond donors (Lipinski definition) is 1. The Morgan fingerprint density at radius 1 is 1.35 bits per heavy atom. The zero-order valence-corrected chi connectivity index (χ0v) is 11.7. The molecule has 3 nitrogen and oxygen atoms in total. The summed E-state index contributed by atoms with van der Waals surface area (Å²) in [6.07, 6.45) is 3.78. The minimum atomic E-state index is -0.198. The quantitative estimate of drug-likeness (QED) is 0.914. The Hall–Kier alpha value is -1.42. The summed E-state index contributed by atoms with van der Waals surface area (Å²) in [4.78, 5) is 4.79. The lowest BCUT2D eigenvalue weighted by atomic mass is 9.84. The van der Waals surface area contributed by atoms with Gasteiger partial charge in [0.15, 0.2) is 0 Å². The van der Waals surface area contributed by atoms with Crippen LogP contribution >= 0.6 is 0 Å². The fourth-order valence-corrected chi connectivity index (χ4v) is 4.42. The zero-order valence-electron chi connectivity index (χ0n) is 11.7. The molecule has 4 atom stereocenters. The second kappa shape index (κ2) is 4.29. The van der Waals surface area contributed by atoms with Crippen molar-refractivity contribution in [1.82, 2.24) is 9.55 Å². The molecule has 0 radical (unpaired) electrons. The zero-order chi connectivity index (χ0) is 13.9. The van der Waals surface area contributed by atoms with Crippen LogP contribution in [0.3, 0.4) is 0 Å². The van der Waals surface area contributed by atoms with Gasteiger partial charge in [0.2, 0.25) is 0 Å². The van der Waals surface area contributed by atoms with E-state index in [-0.39, 0.29) is 11.9 Å². The van der Waals surface area contributed by atoms with E-state index in [1.807, 2.05) is 0 Å². The Bertz CT molecular complexity index is 661. The fraction of sp³-hybridized carbons (Fsp3) is 0.562. The smallest absolute Gasteiger partial charge is 0.125 e. The van der Waals surface area contributed by atoms with Gasteiger partial charge in [0.1, 0.15) is 11.6 Å². The van der Waals surface area contributed by atoms with Gasteiger partial charge in [-0.05, 0) is 56.2 Å². The number of benzene rings is 1. The summed E-state index contributed by atoms with van der Waals surface area (Å²) in [7, 11) is 0. The maximum atomic E-state index is 13.5. The van der Waals surface area contributed by atoms with E-state index >= 15 is 0 Å². The molecule has 106 valence electrons. The number of nitrogens with zero attached hydrogens (tertiary/aromatic N) is 2. The highest BCUT2D eigenvalue weighted by atomic mass is 19.1. The average Bonchev–Trinajstić information content (AvgIpc) is 3.10. The molecule has 0 aliphatic heterocycles. The highest BCUT2D eigenvalue weighted by Gasteiger charge is 2.48. The van der Waals surface area contributed by atoms with Crippen LogP contribution < -0.4 is 5.73 Å². The number of halogens is 1. The third-order valence-corrected chi connectivity index (χ3v) is 5.33. The molecule has 2 N–H and O–H groups in total. The summed E-state index contributed by atoms with van der Waals surface area (Å²) in [6, 6.07) is 5.08. The first kappa shape index (κ1) is 12.3. The number of aromatic nitrogens is 2. The number of aryl methyl sites for hydroxylation is 1. The van der Waals surface area contributed by atoms with Crippen LogP contribution in [0.5, 0.6) is 0 Å². The van der Waals surface area contributed by atoms with Gasteiger partial charge in [0, 0.05) is 18.5 Å². The van der Waals surface area contributed by atoms with Crippen molar-refractivity contribution in [3.05, 3.63) is 29.8 Å². The molecule has 0 saturated heterocycles. The number of rotatable bonds is 2. The molecule has 2 saturated carbocycles. The van der Waals surface area contributed by atoms with Gasteiger partial charge >= 0.3 is 0 Å². The molecule has 20 heavy (non-hydrogen) atoms.